The van der Waals surface area contributed by atoms with Crippen LogP contribution in [0, 0.1) is 0 Å². The summed E-state index contributed by atoms with van der Waals surface area (Å²) in [6, 6.07) is 66.9. The van der Waals surface area contributed by atoms with Gasteiger partial charge in [0.2, 0.25) is 0 Å². The standard InChI is InChI=1S/C62H48BN3O2/c1-61(2,3)37-27-30-39(31-28-37)65-53-34-40(64-48-22-12-7-17-41(48)42-18-8-13-23-49(42)64)35-56-58(53)63(46-33-38(62(4,5)6)29-32-55(46)67-56)47-36-52(57-45-21-11-16-26-54(45)68-60(57)59(47)65)66-50-24-14-9-19-43(50)44-20-10-15-25-51(44)66/h7-36H,1-6H3. The summed E-state index contributed by atoms with van der Waals surface area (Å²) in [4.78, 5) is 2.48. The molecule has 2 aliphatic rings. The lowest BCUT2D eigenvalue weighted by atomic mass is 9.34. The van der Waals surface area contributed by atoms with E-state index in [4.69, 9.17) is 9.15 Å². The highest BCUT2D eigenvalue weighted by atomic mass is 16.5. The molecule has 3 aromatic heterocycles. The minimum absolute atomic E-state index is 0.0232. The van der Waals surface area contributed by atoms with Crippen molar-refractivity contribution in [2.24, 2.45) is 0 Å². The van der Waals surface area contributed by atoms with Crippen LogP contribution in [0.4, 0.5) is 17.1 Å². The number of benzene rings is 9. The number of furan rings is 1. The summed E-state index contributed by atoms with van der Waals surface area (Å²) in [6.07, 6.45) is 0. The number of rotatable bonds is 3. The molecule has 9 aromatic carbocycles. The van der Waals surface area contributed by atoms with Gasteiger partial charge < -0.3 is 23.2 Å². The van der Waals surface area contributed by atoms with E-state index in [0.717, 1.165) is 94.9 Å². The van der Waals surface area contributed by atoms with Gasteiger partial charge in [0.05, 0.1) is 44.5 Å². The summed E-state index contributed by atoms with van der Waals surface area (Å²) in [7, 11) is 0. The largest absolute Gasteiger partial charge is 0.458 e. The summed E-state index contributed by atoms with van der Waals surface area (Å²) in [5.74, 6) is 1.73. The Hall–Kier alpha value is -7.96. The normalized spacial score (nSPS) is 13.5. The predicted molar refractivity (Wildman–Crippen MR) is 286 cm³/mol. The Kier molecular flexibility index (Phi) is 7.96. The van der Waals surface area contributed by atoms with Gasteiger partial charge in [0, 0.05) is 44.4 Å². The van der Waals surface area contributed by atoms with Crippen molar-refractivity contribution < 1.29 is 9.15 Å². The van der Waals surface area contributed by atoms with E-state index in [2.05, 4.69) is 238 Å². The highest BCUT2D eigenvalue weighted by molar-refractivity contribution is 6.99. The molecule has 68 heavy (non-hydrogen) atoms. The molecule has 6 heteroatoms. The van der Waals surface area contributed by atoms with Gasteiger partial charge >= 0.3 is 0 Å². The second kappa shape index (κ2) is 13.8. The molecule has 326 valence electrons. The van der Waals surface area contributed by atoms with Crippen molar-refractivity contribution >= 4 is 106 Å². The van der Waals surface area contributed by atoms with Gasteiger partial charge in [-0.3, -0.25) is 0 Å². The topological polar surface area (TPSA) is 35.5 Å². The quantitative estimate of drug-likeness (QED) is 0.166. The lowest BCUT2D eigenvalue weighted by molar-refractivity contribution is 0.486. The molecule has 5 nitrogen and oxygen atoms in total. The van der Waals surface area contributed by atoms with Gasteiger partial charge in [0.1, 0.15) is 17.1 Å². The minimum Gasteiger partial charge on any atom is -0.458 e. The van der Waals surface area contributed by atoms with E-state index in [-0.39, 0.29) is 17.5 Å². The van der Waals surface area contributed by atoms with Crippen molar-refractivity contribution in [3.63, 3.8) is 0 Å². The molecular weight excluding hydrogens is 830 g/mol. The van der Waals surface area contributed by atoms with Gasteiger partial charge in [0.25, 0.3) is 6.71 Å². The molecule has 0 unspecified atom stereocenters. The fourth-order valence-corrected chi connectivity index (χ4v) is 11.6. The van der Waals surface area contributed by atoms with Crippen LogP contribution in [0.25, 0.3) is 76.9 Å². The fraction of sp³-hybridized carbons (Fsp3) is 0.129. The Balaban J connectivity index is 1.17. The van der Waals surface area contributed by atoms with Crippen LogP contribution >= 0.6 is 0 Å². The molecule has 0 bridgehead atoms. The lowest BCUT2D eigenvalue weighted by Crippen LogP contribution is -2.60. The number of ether oxygens (including phenoxy) is 1. The first kappa shape index (κ1) is 39.2. The average molecular weight is 878 g/mol. The van der Waals surface area contributed by atoms with Crippen LogP contribution in [0.2, 0.25) is 0 Å². The van der Waals surface area contributed by atoms with Crippen molar-refractivity contribution in [2.75, 3.05) is 4.90 Å². The molecule has 0 atom stereocenters. The number of hydrogen-bond donors (Lipinski definition) is 0. The maximum absolute atomic E-state index is 7.39. The van der Waals surface area contributed by atoms with E-state index in [1.165, 1.54) is 38.1 Å². The smallest absolute Gasteiger partial charge is 0.256 e. The Morgan fingerprint density at radius 1 is 0.426 bits per heavy atom. The van der Waals surface area contributed by atoms with E-state index in [1.807, 2.05) is 0 Å². The van der Waals surface area contributed by atoms with Gasteiger partial charge in [-0.25, -0.2) is 0 Å². The molecule has 0 N–H and O–H groups in total. The van der Waals surface area contributed by atoms with E-state index in [9.17, 15) is 0 Å². The van der Waals surface area contributed by atoms with Crippen molar-refractivity contribution in [3.05, 3.63) is 193 Å². The van der Waals surface area contributed by atoms with Gasteiger partial charge in [-0.05, 0) is 99.0 Å². The maximum Gasteiger partial charge on any atom is 0.256 e. The molecule has 12 aromatic rings. The number of para-hydroxylation sites is 5. The minimum atomic E-state index is -0.192. The molecule has 0 saturated heterocycles. The maximum atomic E-state index is 7.39. The second-order valence-corrected chi connectivity index (χ2v) is 20.9. The molecule has 0 saturated carbocycles. The van der Waals surface area contributed by atoms with Crippen molar-refractivity contribution in [3.8, 4) is 22.9 Å². The third kappa shape index (κ3) is 5.46. The molecule has 14 rings (SSSR count). The first-order valence-corrected chi connectivity index (χ1v) is 23.9. The first-order valence-electron chi connectivity index (χ1n) is 23.9. The summed E-state index contributed by atoms with van der Waals surface area (Å²) >= 11 is 0. The number of aromatic nitrogens is 2. The van der Waals surface area contributed by atoms with Gasteiger partial charge in [0.15, 0.2) is 5.58 Å². The SMILES string of the molecule is CC(C)(C)c1ccc(N2c3cc(-n4c5ccccc5c5ccccc54)cc4c3B(c3cc(C(C)(C)C)ccc3O4)c3cc(-n4c5ccccc5c5ccccc54)c4c(oc5ccccc54)c32)cc1. The van der Waals surface area contributed by atoms with E-state index < -0.39 is 0 Å². The lowest BCUT2D eigenvalue weighted by Gasteiger charge is -2.41. The monoisotopic (exact) mass is 877 g/mol. The predicted octanol–water partition coefficient (Wildman–Crippen LogP) is 14.8. The van der Waals surface area contributed by atoms with Crippen LogP contribution in [0.1, 0.15) is 52.7 Å². The fourth-order valence-electron chi connectivity index (χ4n) is 11.6. The van der Waals surface area contributed by atoms with Crippen LogP contribution in [-0.2, 0) is 10.8 Å². The first-order chi connectivity index (χ1) is 33.0. The molecular formula is C62H48BN3O2. The number of fused-ring (bicyclic) bond motifs is 14. The van der Waals surface area contributed by atoms with Crippen molar-refractivity contribution in [2.45, 2.75) is 52.4 Å². The highest BCUT2D eigenvalue weighted by Gasteiger charge is 2.45. The number of anilines is 3. The highest BCUT2D eigenvalue weighted by Crippen LogP contribution is 2.50. The Morgan fingerprint density at radius 3 is 1.54 bits per heavy atom. The van der Waals surface area contributed by atoms with Crippen LogP contribution in [0.15, 0.2) is 186 Å². The van der Waals surface area contributed by atoms with E-state index in [0.29, 0.717) is 0 Å². The van der Waals surface area contributed by atoms with E-state index in [1.54, 1.807) is 0 Å². The van der Waals surface area contributed by atoms with Crippen molar-refractivity contribution in [1.82, 2.24) is 9.13 Å². The van der Waals surface area contributed by atoms with Crippen molar-refractivity contribution in [1.29, 1.82) is 0 Å². The summed E-state index contributed by atoms with van der Waals surface area (Å²) in [6.45, 7) is 13.5. The second-order valence-electron chi connectivity index (χ2n) is 20.9. The zero-order valence-electron chi connectivity index (χ0n) is 39.1. The third-order valence-electron chi connectivity index (χ3n) is 14.9. The molecule has 0 spiro atoms. The molecule has 0 amide bonds. The van der Waals surface area contributed by atoms with E-state index >= 15 is 0 Å². The third-order valence-corrected chi connectivity index (χ3v) is 14.9. The zero-order chi connectivity index (χ0) is 45.8. The number of nitrogens with zero attached hydrogens (tertiary/aromatic N) is 3. The Morgan fingerprint density at radius 2 is 0.956 bits per heavy atom. The summed E-state index contributed by atoms with van der Waals surface area (Å²) < 4.78 is 19.6. The Bertz CT molecular complexity index is 3990. The molecule has 0 radical (unpaired) electrons. The molecule has 2 aliphatic heterocycles. The van der Waals surface area contributed by atoms with Crippen LogP contribution in [-0.4, -0.2) is 15.8 Å². The summed E-state index contributed by atoms with van der Waals surface area (Å²) in [5, 5.41) is 7.04. The summed E-state index contributed by atoms with van der Waals surface area (Å²) in [5.41, 5.74) is 17.5. The van der Waals surface area contributed by atoms with Crippen LogP contribution < -0.4 is 26.0 Å². The van der Waals surface area contributed by atoms with Gasteiger partial charge in [-0.2, -0.15) is 0 Å². The van der Waals surface area contributed by atoms with Gasteiger partial charge in [-0.1, -0.05) is 157 Å². The zero-order valence-corrected chi connectivity index (χ0v) is 39.1. The molecule has 0 aliphatic carbocycles. The molecule has 5 heterocycles. The average Bonchev–Trinajstić information content (AvgIpc) is 4.01. The van der Waals surface area contributed by atoms with Gasteiger partial charge in [-0.15, -0.1) is 0 Å². The number of hydrogen-bond acceptors (Lipinski definition) is 3. The Labute approximate surface area is 395 Å². The van der Waals surface area contributed by atoms with Crippen LogP contribution in [0.3, 0.4) is 0 Å². The molecule has 0 fully saturated rings. The van der Waals surface area contributed by atoms with Crippen LogP contribution in [0.5, 0.6) is 11.5 Å².